The van der Waals surface area contributed by atoms with E-state index in [9.17, 15) is 0 Å². The summed E-state index contributed by atoms with van der Waals surface area (Å²) in [7, 11) is 0. The highest BCUT2D eigenvalue weighted by molar-refractivity contribution is 5.09. The molecule has 98 valence electrons. The molecule has 2 aliphatic rings. The summed E-state index contributed by atoms with van der Waals surface area (Å²) in [6.07, 6.45) is 8.75. The molecule has 0 aromatic carbocycles. The summed E-state index contributed by atoms with van der Waals surface area (Å²) in [5.41, 5.74) is 1.60. The molecule has 1 N–H and O–H groups in total. The van der Waals surface area contributed by atoms with Gasteiger partial charge in [-0.15, -0.1) is 0 Å². The van der Waals surface area contributed by atoms with Gasteiger partial charge in [0.05, 0.1) is 0 Å². The first-order chi connectivity index (χ1) is 8.27. The van der Waals surface area contributed by atoms with Gasteiger partial charge in [-0.05, 0) is 50.9 Å². The Bertz CT molecular complexity index is 254. The smallest absolute Gasteiger partial charge is 0.0480 e. The van der Waals surface area contributed by atoms with Crippen LogP contribution in [0.3, 0.4) is 0 Å². The Balaban J connectivity index is 1.79. The summed E-state index contributed by atoms with van der Waals surface area (Å²) in [5.74, 6) is 1.60. The van der Waals surface area contributed by atoms with E-state index in [0.29, 0.717) is 6.04 Å². The van der Waals surface area contributed by atoms with Crippen LogP contribution >= 0.6 is 0 Å². The SMILES string of the molecule is CC1=CCC[C@H](C)[C@H]1CN[C@@H]1CCCOCC1. The van der Waals surface area contributed by atoms with Gasteiger partial charge in [0.1, 0.15) is 0 Å². The van der Waals surface area contributed by atoms with E-state index in [2.05, 4.69) is 25.2 Å². The Hall–Kier alpha value is -0.340. The number of ether oxygens (including phenoxy) is 1. The van der Waals surface area contributed by atoms with Crippen molar-refractivity contribution in [2.45, 2.75) is 52.0 Å². The average Bonchev–Trinajstić information content (AvgIpc) is 2.57. The summed E-state index contributed by atoms with van der Waals surface area (Å²) in [6.45, 7) is 7.76. The summed E-state index contributed by atoms with van der Waals surface area (Å²) in [4.78, 5) is 0. The topological polar surface area (TPSA) is 21.3 Å². The highest BCUT2D eigenvalue weighted by Gasteiger charge is 2.23. The van der Waals surface area contributed by atoms with E-state index >= 15 is 0 Å². The van der Waals surface area contributed by atoms with Gasteiger partial charge in [-0.25, -0.2) is 0 Å². The molecule has 1 saturated heterocycles. The highest BCUT2D eigenvalue weighted by Crippen LogP contribution is 2.29. The molecule has 0 radical (unpaired) electrons. The van der Waals surface area contributed by atoms with E-state index in [4.69, 9.17) is 4.74 Å². The largest absolute Gasteiger partial charge is 0.381 e. The van der Waals surface area contributed by atoms with Gasteiger partial charge in [0.25, 0.3) is 0 Å². The molecule has 1 heterocycles. The van der Waals surface area contributed by atoms with E-state index in [1.54, 1.807) is 5.57 Å². The third-order valence-electron chi connectivity index (χ3n) is 4.44. The van der Waals surface area contributed by atoms with Crippen LogP contribution in [0.1, 0.15) is 46.0 Å². The van der Waals surface area contributed by atoms with Gasteiger partial charge in [-0.3, -0.25) is 0 Å². The van der Waals surface area contributed by atoms with Crippen molar-refractivity contribution < 1.29 is 4.74 Å². The molecule has 0 aromatic heterocycles. The standard InChI is InChI=1S/C15H27NO/c1-12-5-3-6-13(2)15(12)11-16-14-7-4-9-17-10-8-14/h5,13-16H,3-4,6-11H2,1-2H3/t13-,14+,15-/m0/s1. The van der Waals surface area contributed by atoms with Crippen molar-refractivity contribution in [2.75, 3.05) is 19.8 Å². The molecular formula is C15H27NO. The normalized spacial score (nSPS) is 35.2. The molecule has 1 fully saturated rings. The lowest BCUT2D eigenvalue weighted by Gasteiger charge is -2.30. The van der Waals surface area contributed by atoms with Gasteiger partial charge in [0.2, 0.25) is 0 Å². The lowest BCUT2D eigenvalue weighted by molar-refractivity contribution is 0.142. The Morgan fingerprint density at radius 3 is 3.00 bits per heavy atom. The minimum atomic E-state index is 0.680. The van der Waals surface area contributed by atoms with Crippen LogP contribution < -0.4 is 5.32 Å². The molecule has 2 rings (SSSR count). The maximum atomic E-state index is 5.51. The lowest BCUT2D eigenvalue weighted by atomic mass is 9.80. The number of allylic oxidation sites excluding steroid dienone is 1. The van der Waals surface area contributed by atoms with E-state index in [-0.39, 0.29) is 0 Å². The molecule has 0 bridgehead atoms. The molecule has 3 atom stereocenters. The van der Waals surface area contributed by atoms with Crippen LogP contribution in [-0.2, 0) is 4.74 Å². The summed E-state index contributed by atoms with van der Waals surface area (Å²) in [5, 5.41) is 3.77. The Morgan fingerprint density at radius 1 is 1.29 bits per heavy atom. The Kier molecular flexibility index (Phi) is 5.05. The Labute approximate surface area is 106 Å². The quantitative estimate of drug-likeness (QED) is 0.761. The first kappa shape index (κ1) is 13.1. The van der Waals surface area contributed by atoms with Crippen molar-refractivity contribution in [3.8, 4) is 0 Å². The van der Waals surface area contributed by atoms with Gasteiger partial charge in [-0.1, -0.05) is 18.6 Å². The van der Waals surface area contributed by atoms with Crippen molar-refractivity contribution in [1.82, 2.24) is 5.32 Å². The predicted molar refractivity (Wildman–Crippen MR) is 72.1 cm³/mol. The summed E-state index contributed by atoms with van der Waals surface area (Å²) < 4.78 is 5.51. The second-order valence-electron chi connectivity index (χ2n) is 5.76. The highest BCUT2D eigenvalue weighted by atomic mass is 16.5. The van der Waals surface area contributed by atoms with Gasteiger partial charge >= 0.3 is 0 Å². The minimum absolute atomic E-state index is 0.680. The summed E-state index contributed by atoms with van der Waals surface area (Å²) in [6, 6.07) is 0.680. The van der Waals surface area contributed by atoms with Gasteiger partial charge in [-0.2, -0.15) is 0 Å². The van der Waals surface area contributed by atoms with Crippen LogP contribution in [-0.4, -0.2) is 25.8 Å². The van der Waals surface area contributed by atoms with Crippen LogP contribution in [0.5, 0.6) is 0 Å². The zero-order valence-electron chi connectivity index (χ0n) is 11.4. The fourth-order valence-corrected chi connectivity index (χ4v) is 3.14. The molecule has 0 aromatic rings. The third kappa shape index (κ3) is 3.82. The van der Waals surface area contributed by atoms with Gasteiger partial charge in [0.15, 0.2) is 0 Å². The number of hydrogen-bond acceptors (Lipinski definition) is 2. The number of rotatable bonds is 3. The molecule has 1 aliphatic carbocycles. The fraction of sp³-hybridized carbons (Fsp3) is 0.867. The number of nitrogens with one attached hydrogen (secondary N) is 1. The maximum absolute atomic E-state index is 5.51. The van der Waals surface area contributed by atoms with Crippen LogP contribution in [0, 0.1) is 11.8 Å². The fourth-order valence-electron chi connectivity index (χ4n) is 3.14. The predicted octanol–water partition coefficient (Wildman–Crippen LogP) is 3.14. The first-order valence-corrected chi connectivity index (χ1v) is 7.25. The van der Waals surface area contributed by atoms with Crippen LogP contribution in [0.2, 0.25) is 0 Å². The van der Waals surface area contributed by atoms with Crippen LogP contribution in [0.25, 0.3) is 0 Å². The van der Waals surface area contributed by atoms with Gasteiger partial charge in [0, 0.05) is 25.8 Å². The van der Waals surface area contributed by atoms with Crippen molar-refractivity contribution >= 4 is 0 Å². The molecule has 0 amide bonds. The molecule has 0 spiro atoms. The first-order valence-electron chi connectivity index (χ1n) is 7.25. The molecule has 2 nitrogen and oxygen atoms in total. The van der Waals surface area contributed by atoms with Crippen molar-refractivity contribution in [3.63, 3.8) is 0 Å². The monoisotopic (exact) mass is 237 g/mol. The van der Waals surface area contributed by atoms with Crippen molar-refractivity contribution in [1.29, 1.82) is 0 Å². The molecule has 1 aliphatic heterocycles. The summed E-state index contributed by atoms with van der Waals surface area (Å²) >= 11 is 0. The molecule has 0 saturated carbocycles. The van der Waals surface area contributed by atoms with Gasteiger partial charge < -0.3 is 10.1 Å². The van der Waals surface area contributed by atoms with E-state index in [1.807, 2.05) is 0 Å². The molecular weight excluding hydrogens is 210 g/mol. The van der Waals surface area contributed by atoms with Crippen molar-refractivity contribution in [3.05, 3.63) is 11.6 Å². The molecule has 0 unspecified atom stereocenters. The van der Waals surface area contributed by atoms with Crippen LogP contribution in [0.15, 0.2) is 11.6 Å². The number of hydrogen-bond donors (Lipinski definition) is 1. The second kappa shape index (κ2) is 6.55. The average molecular weight is 237 g/mol. The molecule has 2 heteroatoms. The minimum Gasteiger partial charge on any atom is -0.381 e. The van der Waals surface area contributed by atoms with Crippen LogP contribution in [0.4, 0.5) is 0 Å². The van der Waals surface area contributed by atoms with Crippen molar-refractivity contribution in [2.24, 2.45) is 11.8 Å². The van der Waals surface area contributed by atoms with E-state index < -0.39 is 0 Å². The van der Waals surface area contributed by atoms with E-state index in [1.165, 1.54) is 32.1 Å². The zero-order valence-corrected chi connectivity index (χ0v) is 11.4. The molecule has 17 heavy (non-hydrogen) atoms. The lowest BCUT2D eigenvalue weighted by Crippen LogP contribution is -2.36. The third-order valence-corrected chi connectivity index (χ3v) is 4.44. The van der Waals surface area contributed by atoms with E-state index in [0.717, 1.165) is 31.6 Å². The maximum Gasteiger partial charge on any atom is 0.0480 e. The Morgan fingerprint density at radius 2 is 2.18 bits per heavy atom. The second-order valence-corrected chi connectivity index (χ2v) is 5.76. The zero-order chi connectivity index (χ0) is 12.1.